The van der Waals surface area contributed by atoms with Crippen molar-refractivity contribution in [3.05, 3.63) is 22.4 Å². The third kappa shape index (κ3) is 3.25. The van der Waals surface area contributed by atoms with Crippen LogP contribution in [0.2, 0.25) is 0 Å². The van der Waals surface area contributed by atoms with Crippen molar-refractivity contribution in [2.45, 2.75) is 38.1 Å². The molecule has 4 rings (SSSR count). The topological polar surface area (TPSA) is 73.0 Å². The molecule has 7 nitrogen and oxygen atoms in total. The second-order valence-electron chi connectivity index (χ2n) is 7.81. The first-order valence-corrected chi connectivity index (χ1v) is 10.6. The minimum Gasteiger partial charge on any atom is -0.335 e. The smallest absolute Gasteiger partial charge is 0.326 e. The standard InChI is InChI=1S/C19H26N4O3S/c1-14-5-2-3-7-19(14)17(25)23(18(26)20-19)13-21-8-10-22(11-9-21)16(24)15-6-4-12-27-15/h4,6,12,14H,2-3,5,7-11,13H2,1H3,(H,20,26)/t14-,19-/m0/s1. The van der Waals surface area contributed by atoms with Crippen LogP contribution in [0.5, 0.6) is 0 Å². The highest BCUT2D eigenvalue weighted by molar-refractivity contribution is 7.12. The molecule has 1 aromatic rings. The van der Waals surface area contributed by atoms with Gasteiger partial charge in [0.25, 0.3) is 11.8 Å². The SMILES string of the molecule is C[C@H]1CCCC[C@]12NC(=O)N(CN1CCN(C(=O)c3cccs3)CC1)C2=O. The summed E-state index contributed by atoms with van der Waals surface area (Å²) in [5, 5.41) is 4.91. The normalized spacial score (nSPS) is 29.4. The van der Waals surface area contributed by atoms with Crippen LogP contribution in [0.4, 0.5) is 4.79 Å². The molecule has 3 aliphatic rings. The van der Waals surface area contributed by atoms with Crippen molar-refractivity contribution < 1.29 is 14.4 Å². The molecule has 0 unspecified atom stereocenters. The Kier molecular flexibility index (Phi) is 4.94. The van der Waals surface area contributed by atoms with E-state index in [0.29, 0.717) is 32.8 Å². The van der Waals surface area contributed by atoms with Gasteiger partial charge in [-0.05, 0) is 30.2 Å². The number of amides is 4. The van der Waals surface area contributed by atoms with E-state index in [1.54, 1.807) is 0 Å². The monoisotopic (exact) mass is 390 g/mol. The Morgan fingerprint density at radius 2 is 2.04 bits per heavy atom. The third-order valence-corrected chi connectivity index (χ3v) is 7.09. The van der Waals surface area contributed by atoms with Gasteiger partial charge in [-0.15, -0.1) is 11.3 Å². The van der Waals surface area contributed by atoms with E-state index < -0.39 is 5.54 Å². The average molecular weight is 391 g/mol. The zero-order valence-electron chi connectivity index (χ0n) is 15.6. The number of urea groups is 1. The second-order valence-corrected chi connectivity index (χ2v) is 8.76. The Hall–Kier alpha value is -1.93. The average Bonchev–Trinajstić information content (AvgIpc) is 3.28. The van der Waals surface area contributed by atoms with Gasteiger partial charge in [0.15, 0.2) is 0 Å². The Morgan fingerprint density at radius 1 is 1.26 bits per heavy atom. The summed E-state index contributed by atoms with van der Waals surface area (Å²) >= 11 is 1.45. The fraction of sp³-hybridized carbons (Fsp3) is 0.632. The third-order valence-electron chi connectivity index (χ3n) is 6.23. The Bertz CT molecular complexity index is 729. The minimum absolute atomic E-state index is 0.0645. The lowest BCUT2D eigenvalue weighted by molar-refractivity contribution is -0.135. The van der Waals surface area contributed by atoms with Crippen molar-refractivity contribution in [1.29, 1.82) is 0 Å². The van der Waals surface area contributed by atoms with E-state index in [2.05, 4.69) is 17.1 Å². The summed E-state index contributed by atoms with van der Waals surface area (Å²) in [6, 6.07) is 3.46. The number of carbonyl (C=O) groups is 3. The fourth-order valence-electron chi connectivity index (χ4n) is 4.47. The first kappa shape index (κ1) is 18.4. The molecule has 0 aromatic carbocycles. The molecular weight excluding hydrogens is 364 g/mol. The van der Waals surface area contributed by atoms with E-state index in [-0.39, 0.29) is 23.8 Å². The fourth-order valence-corrected chi connectivity index (χ4v) is 5.16. The van der Waals surface area contributed by atoms with Gasteiger partial charge in [-0.25, -0.2) is 9.69 Å². The minimum atomic E-state index is -0.702. The zero-order valence-corrected chi connectivity index (χ0v) is 16.5. The maximum atomic E-state index is 13.1. The predicted molar refractivity (Wildman–Crippen MR) is 102 cm³/mol. The van der Waals surface area contributed by atoms with Gasteiger partial charge in [0.1, 0.15) is 5.54 Å². The molecule has 27 heavy (non-hydrogen) atoms. The van der Waals surface area contributed by atoms with Crippen LogP contribution >= 0.6 is 11.3 Å². The number of imide groups is 1. The van der Waals surface area contributed by atoms with Crippen LogP contribution < -0.4 is 5.32 Å². The van der Waals surface area contributed by atoms with Gasteiger partial charge in [0.2, 0.25) is 0 Å². The van der Waals surface area contributed by atoms with Gasteiger partial charge in [-0.1, -0.05) is 25.8 Å². The molecule has 1 aliphatic carbocycles. The van der Waals surface area contributed by atoms with Crippen molar-refractivity contribution in [3.8, 4) is 0 Å². The van der Waals surface area contributed by atoms with Crippen molar-refractivity contribution in [2.24, 2.45) is 5.92 Å². The molecule has 2 atom stereocenters. The zero-order chi connectivity index (χ0) is 19.0. The highest BCUT2D eigenvalue weighted by Crippen LogP contribution is 2.38. The molecule has 2 saturated heterocycles. The molecule has 0 radical (unpaired) electrons. The lowest BCUT2D eigenvalue weighted by atomic mass is 9.73. The first-order valence-electron chi connectivity index (χ1n) is 9.70. The summed E-state index contributed by atoms with van der Waals surface area (Å²) in [6.07, 6.45) is 3.81. The maximum absolute atomic E-state index is 13.1. The molecule has 4 amide bonds. The Labute approximate surface area is 163 Å². The lowest BCUT2D eigenvalue weighted by Gasteiger charge is -2.38. The van der Waals surface area contributed by atoms with E-state index in [1.165, 1.54) is 16.2 Å². The maximum Gasteiger partial charge on any atom is 0.326 e. The summed E-state index contributed by atoms with van der Waals surface area (Å²) in [7, 11) is 0. The number of hydrogen-bond acceptors (Lipinski definition) is 5. The molecule has 1 saturated carbocycles. The van der Waals surface area contributed by atoms with Gasteiger partial charge in [0.05, 0.1) is 11.5 Å². The van der Waals surface area contributed by atoms with E-state index in [9.17, 15) is 14.4 Å². The molecule has 0 bridgehead atoms. The lowest BCUT2D eigenvalue weighted by Crippen LogP contribution is -2.55. The number of rotatable bonds is 3. The largest absolute Gasteiger partial charge is 0.335 e. The molecule has 1 aromatic heterocycles. The van der Waals surface area contributed by atoms with Crippen LogP contribution in [0.15, 0.2) is 17.5 Å². The summed E-state index contributed by atoms with van der Waals surface area (Å²) in [6.45, 7) is 4.92. The van der Waals surface area contributed by atoms with Gasteiger partial charge in [-0.2, -0.15) is 0 Å². The summed E-state index contributed by atoms with van der Waals surface area (Å²) in [5.74, 6) is 0.166. The van der Waals surface area contributed by atoms with Crippen LogP contribution in [0.1, 0.15) is 42.3 Å². The quantitative estimate of drug-likeness (QED) is 0.801. The number of hydrogen-bond donors (Lipinski definition) is 1. The van der Waals surface area contributed by atoms with E-state index >= 15 is 0 Å². The molecule has 3 heterocycles. The van der Waals surface area contributed by atoms with E-state index in [4.69, 9.17) is 0 Å². The summed E-state index contributed by atoms with van der Waals surface area (Å²) in [4.78, 5) is 44.1. The van der Waals surface area contributed by atoms with Crippen LogP contribution in [-0.4, -0.2) is 70.9 Å². The summed E-state index contributed by atoms with van der Waals surface area (Å²) < 4.78 is 0. The van der Waals surface area contributed by atoms with Crippen molar-refractivity contribution in [1.82, 2.24) is 20.0 Å². The van der Waals surface area contributed by atoms with Crippen LogP contribution in [0.3, 0.4) is 0 Å². The van der Waals surface area contributed by atoms with Crippen LogP contribution in [-0.2, 0) is 4.79 Å². The number of thiophene rings is 1. The van der Waals surface area contributed by atoms with Crippen molar-refractivity contribution >= 4 is 29.2 Å². The van der Waals surface area contributed by atoms with Crippen LogP contribution in [0, 0.1) is 5.92 Å². The number of carbonyl (C=O) groups excluding carboxylic acids is 3. The second kappa shape index (κ2) is 7.24. The van der Waals surface area contributed by atoms with Gasteiger partial charge < -0.3 is 10.2 Å². The van der Waals surface area contributed by atoms with E-state index in [0.717, 1.165) is 30.6 Å². The highest BCUT2D eigenvalue weighted by Gasteiger charge is 2.55. The van der Waals surface area contributed by atoms with Gasteiger partial charge in [-0.3, -0.25) is 14.5 Å². The number of nitrogens with one attached hydrogen (secondary N) is 1. The van der Waals surface area contributed by atoms with Crippen LogP contribution in [0.25, 0.3) is 0 Å². The Morgan fingerprint density at radius 3 is 2.70 bits per heavy atom. The highest BCUT2D eigenvalue weighted by atomic mass is 32.1. The Balaban J connectivity index is 1.36. The number of piperazine rings is 1. The molecule has 8 heteroatoms. The number of nitrogens with zero attached hydrogens (tertiary/aromatic N) is 3. The first-order chi connectivity index (χ1) is 13.0. The molecule has 3 fully saturated rings. The van der Waals surface area contributed by atoms with Crippen molar-refractivity contribution in [2.75, 3.05) is 32.8 Å². The predicted octanol–water partition coefficient (Wildman–Crippen LogP) is 1.96. The molecule has 1 spiro atoms. The molecule has 1 N–H and O–H groups in total. The molecule has 2 aliphatic heterocycles. The molecular formula is C19H26N4O3S. The van der Waals surface area contributed by atoms with E-state index in [1.807, 2.05) is 22.4 Å². The van der Waals surface area contributed by atoms with Gasteiger partial charge >= 0.3 is 6.03 Å². The summed E-state index contributed by atoms with van der Waals surface area (Å²) in [5.41, 5.74) is -0.702. The van der Waals surface area contributed by atoms with Gasteiger partial charge in [0, 0.05) is 26.2 Å². The van der Waals surface area contributed by atoms with Crippen molar-refractivity contribution in [3.63, 3.8) is 0 Å². The molecule has 146 valence electrons.